The highest BCUT2D eigenvalue weighted by molar-refractivity contribution is 7.99. The predicted octanol–water partition coefficient (Wildman–Crippen LogP) is 2.16. The zero-order valence-corrected chi connectivity index (χ0v) is 15.4. The van der Waals surface area contributed by atoms with Crippen molar-refractivity contribution < 1.29 is 4.79 Å². The first-order valence-electron chi connectivity index (χ1n) is 8.53. The van der Waals surface area contributed by atoms with Gasteiger partial charge in [0.2, 0.25) is 0 Å². The minimum absolute atomic E-state index is 0.188. The zero-order valence-electron chi connectivity index (χ0n) is 14.6. The highest BCUT2D eigenvalue weighted by Crippen LogP contribution is 2.18. The molecule has 1 fully saturated rings. The third kappa shape index (κ3) is 3.56. The number of anilines is 1. The van der Waals surface area contributed by atoms with Crippen LogP contribution in [0.5, 0.6) is 0 Å². The molecule has 0 atom stereocenters. The molecular formula is C18H20N6OS. The predicted molar refractivity (Wildman–Crippen MR) is 103 cm³/mol. The molecule has 0 saturated carbocycles. The molecule has 2 aromatic heterocycles. The summed E-state index contributed by atoms with van der Waals surface area (Å²) in [5.41, 5.74) is 3.11. The normalized spacial score (nSPS) is 15.3. The molecule has 0 spiro atoms. The van der Waals surface area contributed by atoms with Crippen LogP contribution in [-0.2, 0) is 13.6 Å². The standard InChI is InChI=1S/C18H20N6OS/c1-23-12-21-16-15(23)17(20-11-19-16)22-18(25)14-4-2-13(3-5-14)10-24-6-8-26-9-7-24/h2-5,11-12H,6-10H2,1H3,(H,19,20,22,25). The molecule has 1 amide bonds. The second kappa shape index (κ2) is 7.43. The van der Waals surface area contributed by atoms with E-state index >= 15 is 0 Å². The number of benzene rings is 1. The number of aromatic nitrogens is 4. The summed E-state index contributed by atoms with van der Waals surface area (Å²) in [6.45, 7) is 3.19. The molecule has 7 nitrogen and oxygen atoms in total. The summed E-state index contributed by atoms with van der Waals surface area (Å²) in [7, 11) is 1.85. The van der Waals surface area contributed by atoms with Gasteiger partial charge in [0.05, 0.1) is 6.33 Å². The van der Waals surface area contributed by atoms with Crippen molar-refractivity contribution in [3.8, 4) is 0 Å². The van der Waals surface area contributed by atoms with Crippen LogP contribution in [0.2, 0.25) is 0 Å². The molecule has 0 aliphatic carbocycles. The average molecular weight is 368 g/mol. The summed E-state index contributed by atoms with van der Waals surface area (Å²) in [6, 6.07) is 7.78. The Hall–Kier alpha value is -2.45. The van der Waals surface area contributed by atoms with E-state index in [4.69, 9.17) is 0 Å². The van der Waals surface area contributed by atoms with Crippen LogP contribution >= 0.6 is 11.8 Å². The lowest BCUT2D eigenvalue weighted by Gasteiger charge is -2.26. The number of nitrogens with zero attached hydrogens (tertiary/aromatic N) is 5. The molecule has 26 heavy (non-hydrogen) atoms. The smallest absolute Gasteiger partial charge is 0.256 e. The van der Waals surface area contributed by atoms with Crippen molar-refractivity contribution in [1.29, 1.82) is 0 Å². The molecule has 0 radical (unpaired) electrons. The minimum atomic E-state index is -0.188. The number of hydrogen-bond acceptors (Lipinski definition) is 6. The van der Waals surface area contributed by atoms with Crippen molar-refractivity contribution in [2.45, 2.75) is 6.54 Å². The topological polar surface area (TPSA) is 75.9 Å². The monoisotopic (exact) mass is 368 g/mol. The van der Waals surface area contributed by atoms with Crippen LogP contribution in [0.4, 0.5) is 5.82 Å². The maximum absolute atomic E-state index is 12.6. The van der Waals surface area contributed by atoms with Crippen LogP contribution in [0, 0.1) is 0 Å². The Bertz CT molecular complexity index is 917. The highest BCUT2D eigenvalue weighted by Gasteiger charge is 2.14. The van der Waals surface area contributed by atoms with E-state index in [1.54, 1.807) is 10.9 Å². The number of fused-ring (bicyclic) bond motifs is 1. The molecule has 134 valence electrons. The Morgan fingerprint density at radius 2 is 1.92 bits per heavy atom. The number of nitrogens with one attached hydrogen (secondary N) is 1. The van der Waals surface area contributed by atoms with Gasteiger partial charge in [-0.25, -0.2) is 15.0 Å². The van der Waals surface area contributed by atoms with Crippen molar-refractivity contribution in [3.63, 3.8) is 0 Å². The Morgan fingerprint density at radius 1 is 1.15 bits per heavy atom. The van der Waals surface area contributed by atoms with Crippen molar-refractivity contribution >= 4 is 34.7 Å². The van der Waals surface area contributed by atoms with Gasteiger partial charge in [-0.05, 0) is 17.7 Å². The molecule has 4 rings (SSSR count). The van der Waals surface area contributed by atoms with Gasteiger partial charge in [-0.3, -0.25) is 9.69 Å². The first kappa shape index (κ1) is 17.0. The molecule has 3 heterocycles. The van der Waals surface area contributed by atoms with Crippen molar-refractivity contribution in [2.75, 3.05) is 29.9 Å². The third-order valence-corrected chi connectivity index (χ3v) is 5.41. The number of imidazole rings is 1. The number of thioether (sulfide) groups is 1. The van der Waals surface area contributed by atoms with Gasteiger partial charge in [0.25, 0.3) is 5.91 Å². The fourth-order valence-corrected chi connectivity index (χ4v) is 4.02. The maximum atomic E-state index is 12.6. The summed E-state index contributed by atoms with van der Waals surface area (Å²) in [5.74, 6) is 2.67. The van der Waals surface area contributed by atoms with Crippen LogP contribution in [0.3, 0.4) is 0 Å². The minimum Gasteiger partial charge on any atom is -0.329 e. The largest absolute Gasteiger partial charge is 0.329 e. The summed E-state index contributed by atoms with van der Waals surface area (Å²) >= 11 is 2.01. The number of carbonyl (C=O) groups is 1. The Labute approximate surface area is 155 Å². The highest BCUT2D eigenvalue weighted by atomic mass is 32.2. The van der Waals surface area contributed by atoms with Crippen LogP contribution in [0.1, 0.15) is 15.9 Å². The average Bonchev–Trinajstić information content (AvgIpc) is 3.05. The SMILES string of the molecule is Cn1cnc2ncnc(NC(=O)c3ccc(CN4CCSCC4)cc3)c21. The Morgan fingerprint density at radius 3 is 2.69 bits per heavy atom. The molecule has 3 aromatic rings. The van der Waals surface area contributed by atoms with Gasteiger partial charge < -0.3 is 9.88 Å². The van der Waals surface area contributed by atoms with Crippen LogP contribution in [-0.4, -0.2) is 54.9 Å². The van der Waals surface area contributed by atoms with Gasteiger partial charge >= 0.3 is 0 Å². The van der Waals surface area contributed by atoms with Gasteiger partial charge in [0.1, 0.15) is 11.8 Å². The Kier molecular flexibility index (Phi) is 4.85. The summed E-state index contributed by atoms with van der Waals surface area (Å²) < 4.78 is 1.80. The molecule has 0 unspecified atom stereocenters. The van der Waals surface area contributed by atoms with E-state index in [2.05, 4.69) is 25.2 Å². The van der Waals surface area contributed by atoms with Gasteiger partial charge in [-0.2, -0.15) is 11.8 Å². The number of aryl methyl sites for hydroxylation is 1. The quantitative estimate of drug-likeness (QED) is 0.761. The summed E-state index contributed by atoms with van der Waals surface area (Å²) in [6.07, 6.45) is 3.06. The summed E-state index contributed by atoms with van der Waals surface area (Å²) in [4.78, 5) is 27.5. The van der Waals surface area contributed by atoms with Gasteiger partial charge in [0.15, 0.2) is 11.5 Å². The van der Waals surface area contributed by atoms with Crippen LogP contribution in [0.25, 0.3) is 11.2 Å². The van der Waals surface area contributed by atoms with E-state index in [0.717, 1.165) is 19.6 Å². The van der Waals surface area contributed by atoms with Gasteiger partial charge in [-0.15, -0.1) is 0 Å². The molecule has 1 aliphatic heterocycles. The number of hydrogen-bond donors (Lipinski definition) is 1. The van der Waals surface area contributed by atoms with E-state index in [0.29, 0.717) is 22.5 Å². The zero-order chi connectivity index (χ0) is 17.9. The number of carbonyl (C=O) groups excluding carboxylic acids is 1. The third-order valence-electron chi connectivity index (χ3n) is 4.47. The van der Waals surface area contributed by atoms with E-state index in [1.807, 2.05) is 43.1 Å². The number of rotatable bonds is 4. The van der Waals surface area contributed by atoms with Crippen molar-refractivity contribution in [1.82, 2.24) is 24.4 Å². The second-order valence-electron chi connectivity index (χ2n) is 6.29. The van der Waals surface area contributed by atoms with Crippen LogP contribution < -0.4 is 5.32 Å². The lowest BCUT2D eigenvalue weighted by molar-refractivity contribution is 0.102. The lowest BCUT2D eigenvalue weighted by atomic mass is 10.1. The van der Waals surface area contributed by atoms with E-state index in [-0.39, 0.29) is 5.91 Å². The van der Waals surface area contributed by atoms with E-state index < -0.39 is 0 Å². The number of amides is 1. The molecule has 1 aromatic carbocycles. The molecule has 1 saturated heterocycles. The molecule has 1 aliphatic rings. The van der Waals surface area contributed by atoms with Crippen molar-refractivity contribution in [3.05, 3.63) is 48.0 Å². The van der Waals surface area contributed by atoms with Gasteiger partial charge in [-0.1, -0.05) is 12.1 Å². The Balaban J connectivity index is 1.47. The molecule has 8 heteroatoms. The van der Waals surface area contributed by atoms with Crippen molar-refractivity contribution in [2.24, 2.45) is 7.05 Å². The second-order valence-corrected chi connectivity index (χ2v) is 7.51. The van der Waals surface area contributed by atoms with E-state index in [9.17, 15) is 4.79 Å². The summed E-state index contributed by atoms with van der Waals surface area (Å²) in [5, 5.41) is 2.86. The van der Waals surface area contributed by atoms with E-state index in [1.165, 1.54) is 23.4 Å². The fraction of sp³-hybridized carbons (Fsp3) is 0.333. The lowest BCUT2D eigenvalue weighted by Crippen LogP contribution is -2.31. The molecule has 1 N–H and O–H groups in total. The first-order chi connectivity index (χ1) is 12.7. The van der Waals surface area contributed by atoms with Crippen LogP contribution in [0.15, 0.2) is 36.9 Å². The first-order valence-corrected chi connectivity index (χ1v) is 9.68. The fourth-order valence-electron chi connectivity index (χ4n) is 3.04. The molecular weight excluding hydrogens is 348 g/mol. The van der Waals surface area contributed by atoms with Gasteiger partial charge in [0, 0.05) is 43.8 Å². The maximum Gasteiger partial charge on any atom is 0.256 e. The molecule has 0 bridgehead atoms.